The van der Waals surface area contributed by atoms with Gasteiger partial charge in [-0.3, -0.25) is 19.3 Å². The van der Waals surface area contributed by atoms with Crippen LogP contribution in [0.5, 0.6) is 0 Å². The lowest BCUT2D eigenvalue weighted by atomic mass is 10.0. The standard InChI is InChI=1S/C31H27ClFN5O3/c32-27-12-9-23(18-35-27)36-26-11-10-24(30(34)40)28(33)25(26)19-37-13-15-38(16-14-37)31(41)22-8-4-7-21(17-22)29(39)20-5-2-1-3-6-20/h1-12,17-18,36H,13-16,19H2,(H2,34,40). The average molecular weight is 572 g/mol. The van der Waals surface area contributed by atoms with Crippen LogP contribution in [-0.2, 0) is 6.54 Å². The summed E-state index contributed by atoms with van der Waals surface area (Å²) in [5, 5.41) is 3.47. The minimum atomic E-state index is -0.855. The van der Waals surface area contributed by atoms with Gasteiger partial charge in [0.15, 0.2) is 5.78 Å². The second-order valence-electron chi connectivity index (χ2n) is 9.66. The van der Waals surface area contributed by atoms with Crippen LogP contribution in [0.3, 0.4) is 0 Å². The Morgan fingerprint density at radius 3 is 2.27 bits per heavy atom. The summed E-state index contributed by atoms with van der Waals surface area (Å²) >= 11 is 5.88. The van der Waals surface area contributed by atoms with Crippen LogP contribution in [0.4, 0.5) is 15.8 Å². The summed E-state index contributed by atoms with van der Waals surface area (Å²) < 4.78 is 15.5. The molecule has 10 heteroatoms. The van der Waals surface area contributed by atoms with E-state index in [0.717, 1.165) is 0 Å². The number of pyridine rings is 1. The summed E-state index contributed by atoms with van der Waals surface area (Å²) in [6.07, 6.45) is 1.53. The molecule has 0 spiro atoms. The molecule has 1 aromatic heterocycles. The number of aromatic nitrogens is 1. The molecule has 3 aromatic carbocycles. The van der Waals surface area contributed by atoms with Gasteiger partial charge in [0.25, 0.3) is 11.8 Å². The molecule has 41 heavy (non-hydrogen) atoms. The third kappa shape index (κ3) is 6.42. The van der Waals surface area contributed by atoms with E-state index in [9.17, 15) is 14.4 Å². The van der Waals surface area contributed by atoms with Gasteiger partial charge >= 0.3 is 0 Å². The summed E-state index contributed by atoms with van der Waals surface area (Å²) in [5.41, 5.74) is 7.99. The van der Waals surface area contributed by atoms with Gasteiger partial charge in [0.2, 0.25) is 0 Å². The number of carbonyl (C=O) groups excluding carboxylic acids is 3. The van der Waals surface area contributed by atoms with E-state index in [4.69, 9.17) is 17.3 Å². The molecule has 0 radical (unpaired) electrons. The molecule has 5 rings (SSSR count). The number of carbonyl (C=O) groups is 3. The number of nitrogens with zero attached hydrogens (tertiary/aromatic N) is 3. The van der Waals surface area contributed by atoms with E-state index in [1.54, 1.807) is 71.6 Å². The number of ketones is 1. The monoisotopic (exact) mass is 571 g/mol. The van der Waals surface area contributed by atoms with Crippen molar-refractivity contribution in [3.05, 3.63) is 124 Å². The summed E-state index contributed by atoms with van der Waals surface area (Å²) in [5.74, 6) is -1.87. The zero-order valence-electron chi connectivity index (χ0n) is 22.0. The number of primary amides is 1. The fraction of sp³-hybridized carbons (Fsp3) is 0.161. The lowest BCUT2D eigenvalue weighted by molar-refractivity contribution is 0.0626. The molecule has 2 heterocycles. The Bertz CT molecular complexity index is 1590. The predicted octanol–water partition coefficient (Wildman–Crippen LogP) is 4.91. The van der Waals surface area contributed by atoms with Gasteiger partial charge in [-0.15, -0.1) is 0 Å². The fourth-order valence-electron chi connectivity index (χ4n) is 4.75. The Hall–Kier alpha value is -4.60. The molecule has 3 N–H and O–H groups in total. The topological polar surface area (TPSA) is 109 Å². The van der Waals surface area contributed by atoms with E-state index in [1.165, 1.54) is 12.3 Å². The molecule has 0 aliphatic carbocycles. The van der Waals surface area contributed by atoms with E-state index in [2.05, 4.69) is 10.3 Å². The predicted molar refractivity (Wildman–Crippen MR) is 155 cm³/mol. The van der Waals surface area contributed by atoms with Crippen molar-refractivity contribution in [2.45, 2.75) is 6.54 Å². The number of amides is 2. The maximum absolute atomic E-state index is 15.5. The van der Waals surface area contributed by atoms with Gasteiger partial charge in [-0.1, -0.05) is 54.1 Å². The first-order valence-corrected chi connectivity index (χ1v) is 13.4. The first-order chi connectivity index (χ1) is 19.8. The van der Waals surface area contributed by atoms with Crippen molar-refractivity contribution in [3.63, 3.8) is 0 Å². The maximum atomic E-state index is 15.5. The minimum Gasteiger partial charge on any atom is -0.366 e. The highest BCUT2D eigenvalue weighted by molar-refractivity contribution is 6.29. The van der Waals surface area contributed by atoms with E-state index in [1.807, 2.05) is 11.0 Å². The molecule has 2 amide bonds. The first-order valence-electron chi connectivity index (χ1n) is 13.0. The number of benzene rings is 3. The van der Waals surface area contributed by atoms with Crippen molar-refractivity contribution in [3.8, 4) is 0 Å². The van der Waals surface area contributed by atoms with Crippen molar-refractivity contribution in [1.82, 2.24) is 14.8 Å². The van der Waals surface area contributed by atoms with Crippen molar-refractivity contribution in [2.75, 3.05) is 31.5 Å². The lowest BCUT2D eigenvalue weighted by Crippen LogP contribution is -2.48. The molecule has 4 aromatic rings. The van der Waals surface area contributed by atoms with Crippen LogP contribution in [0.1, 0.15) is 42.2 Å². The van der Waals surface area contributed by atoms with Gasteiger partial charge in [0.1, 0.15) is 11.0 Å². The number of nitrogens with two attached hydrogens (primary N) is 1. The fourth-order valence-corrected chi connectivity index (χ4v) is 4.87. The van der Waals surface area contributed by atoms with Crippen LogP contribution in [0.15, 0.2) is 85.1 Å². The highest BCUT2D eigenvalue weighted by atomic mass is 35.5. The van der Waals surface area contributed by atoms with Crippen molar-refractivity contribution < 1.29 is 18.8 Å². The molecule has 0 saturated carbocycles. The largest absolute Gasteiger partial charge is 0.366 e. The number of halogens is 2. The zero-order valence-corrected chi connectivity index (χ0v) is 22.8. The van der Waals surface area contributed by atoms with E-state index >= 15 is 4.39 Å². The molecular formula is C31H27ClFN5O3. The zero-order chi connectivity index (χ0) is 28.9. The normalized spacial score (nSPS) is 13.6. The minimum absolute atomic E-state index is 0.149. The van der Waals surface area contributed by atoms with Crippen LogP contribution in [-0.4, -0.2) is 58.6 Å². The number of piperazine rings is 1. The van der Waals surface area contributed by atoms with E-state index in [-0.39, 0.29) is 29.4 Å². The third-order valence-corrected chi connectivity index (χ3v) is 7.19. The summed E-state index contributed by atoms with van der Waals surface area (Å²) in [6.45, 7) is 1.99. The number of rotatable bonds is 8. The van der Waals surface area contributed by atoms with Crippen molar-refractivity contribution in [1.29, 1.82) is 0 Å². The van der Waals surface area contributed by atoms with Gasteiger partial charge in [-0.05, 0) is 36.4 Å². The first kappa shape index (κ1) is 27.9. The summed E-state index contributed by atoms with van der Waals surface area (Å²) in [6, 6.07) is 21.9. The Morgan fingerprint density at radius 2 is 1.59 bits per heavy atom. The second-order valence-corrected chi connectivity index (χ2v) is 10.0. The summed E-state index contributed by atoms with van der Waals surface area (Å²) in [4.78, 5) is 45.7. The second kappa shape index (κ2) is 12.3. The molecule has 0 atom stereocenters. The van der Waals surface area contributed by atoms with Crippen LogP contribution < -0.4 is 11.1 Å². The van der Waals surface area contributed by atoms with E-state index < -0.39 is 11.7 Å². The van der Waals surface area contributed by atoms with Crippen LogP contribution in [0, 0.1) is 5.82 Å². The number of anilines is 2. The SMILES string of the molecule is NC(=O)c1ccc(Nc2ccc(Cl)nc2)c(CN2CCN(C(=O)c3cccc(C(=O)c4ccccc4)c3)CC2)c1F. The molecule has 0 bridgehead atoms. The molecule has 1 fully saturated rings. The van der Waals surface area contributed by atoms with Crippen molar-refractivity contribution >= 4 is 40.6 Å². The summed E-state index contributed by atoms with van der Waals surface area (Å²) in [7, 11) is 0. The smallest absolute Gasteiger partial charge is 0.253 e. The molecule has 0 unspecified atom stereocenters. The highest BCUT2D eigenvalue weighted by Gasteiger charge is 2.25. The van der Waals surface area contributed by atoms with Gasteiger partial charge in [0.05, 0.1) is 17.4 Å². The number of hydrogen-bond donors (Lipinski definition) is 2. The van der Waals surface area contributed by atoms with Gasteiger partial charge < -0.3 is 16.0 Å². The molecule has 1 saturated heterocycles. The Kier molecular flexibility index (Phi) is 8.37. The Balaban J connectivity index is 1.28. The third-order valence-electron chi connectivity index (χ3n) is 6.96. The Morgan fingerprint density at radius 1 is 0.878 bits per heavy atom. The van der Waals surface area contributed by atoms with Crippen LogP contribution >= 0.6 is 11.6 Å². The molecule has 208 valence electrons. The highest BCUT2D eigenvalue weighted by Crippen LogP contribution is 2.28. The average Bonchev–Trinajstić information content (AvgIpc) is 3.00. The van der Waals surface area contributed by atoms with Crippen LogP contribution in [0.25, 0.3) is 0 Å². The maximum Gasteiger partial charge on any atom is 0.253 e. The molecule has 1 aliphatic heterocycles. The molecule has 8 nitrogen and oxygen atoms in total. The van der Waals surface area contributed by atoms with Crippen molar-refractivity contribution in [2.24, 2.45) is 5.73 Å². The molecule has 1 aliphatic rings. The molecular weight excluding hydrogens is 545 g/mol. The Labute approximate surface area is 241 Å². The number of hydrogen-bond acceptors (Lipinski definition) is 6. The van der Waals surface area contributed by atoms with E-state index in [0.29, 0.717) is 59.4 Å². The van der Waals surface area contributed by atoms with Crippen LogP contribution in [0.2, 0.25) is 5.15 Å². The van der Waals surface area contributed by atoms with Gasteiger partial charge in [-0.25, -0.2) is 9.37 Å². The quantitative estimate of drug-likeness (QED) is 0.230. The van der Waals surface area contributed by atoms with Gasteiger partial charge in [-0.2, -0.15) is 0 Å². The number of nitrogens with one attached hydrogen (secondary N) is 1. The lowest BCUT2D eigenvalue weighted by Gasteiger charge is -2.35. The van der Waals surface area contributed by atoms with Gasteiger partial charge in [0, 0.05) is 60.7 Å².